The van der Waals surface area contributed by atoms with Gasteiger partial charge in [0.05, 0.1) is 5.56 Å². The maximum atomic E-state index is 13.9. The second-order valence-electron chi connectivity index (χ2n) is 4.64. The molecule has 5 nitrogen and oxygen atoms in total. The summed E-state index contributed by atoms with van der Waals surface area (Å²) in [5.41, 5.74) is -0.573. The number of pyridine rings is 1. The van der Waals surface area contributed by atoms with Gasteiger partial charge in [0.15, 0.2) is 5.65 Å². The zero-order chi connectivity index (χ0) is 16.6. The smallest absolute Gasteiger partial charge is 0.329 e. The summed E-state index contributed by atoms with van der Waals surface area (Å²) in [6, 6.07) is 4.65. The van der Waals surface area contributed by atoms with Crippen LogP contribution in [0.25, 0.3) is 16.7 Å². The third-order valence-electron chi connectivity index (χ3n) is 3.10. The third-order valence-corrected chi connectivity index (χ3v) is 3.10. The Hall–Kier alpha value is -2.97. The summed E-state index contributed by atoms with van der Waals surface area (Å²) in [7, 11) is 0. The van der Waals surface area contributed by atoms with Crippen LogP contribution in [-0.2, 0) is 11.0 Å². The van der Waals surface area contributed by atoms with Crippen molar-refractivity contribution in [1.82, 2.24) is 14.8 Å². The second kappa shape index (κ2) is 5.34. The fraction of sp³-hybridized carbons (Fsp3) is 0.0714. The standard InChI is InChI=1S/C14H8F4N4O/c15-11-2-1-10(20-7-23)4-12(11)22-6-8-3-9(14(16,17)18)5-19-13(8)21-22/h1-7H,(H,20,23). The van der Waals surface area contributed by atoms with E-state index in [9.17, 15) is 22.4 Å². The number of alkyl halides is 3. The molecule has 0 radical (unpaired) electrons. The topological polar surface area (TPSA) is 59.8 Å². The second-order valence-corrected chi connectivity index (χ2v) is 4.64. The Balaban J connectivity index is 2.10. The number of fused-ring (bicyclic) bond motifs is 1. The van der Waals surface area contributed by atoms with E-state index >= 15 is 0 Å². The van der Waals surface area contributed by atoms with Crippen LogP contribution in [0.2, 0.25) is 0 Å². The minimum atomic E-state index is -4.53. The molecule has 0 atom stereocenters. The number of nitrogens with zero attached hydrogens (tertiary/aromatic N) is 3. The molecule has 2 heterocycles. The molecule has 2 aromatic heterocycles. The zero-order valence-electron chi connectivity index (χ0n) is 11.3. The van der Waals surface area contributed by atoms with Crippen molar-refractivity contribution in [3.8, 4) is 5.69 Å². The van der Waals surface area contributed by atoms with Crippen molar-refractivity contribution in [2.75, 3.05) is 5.32 Å². The van der Waals surface area contributed by atoms with Gasteiger partial charge in [-0.15, -0.1) is 5.10 Å². The summed E-state index contributed by atoms with van der Waals surface area (Å²) >= 11 is 0. The number of anilines is 1. The number of benzene rings is 1. The Labute approximate surface area is 126 Å². The van der Waals surface area contributed by atoms with E-state index in [0.29, 0.717) is 18.3 Å². The lowest BCUT2D eigenvalue weighted by molar-refractivity contribution is -0.137. The van der Waals surface area contributed by atoms with Crippen LogP contribution < -0.4 is 5.32 Å². The van der Waals surface area contributed by atoms with Crippen LogP contribution in [0.1, 0.15) is 5.56 Å². The molecule has 9 heteroatoms. The van der Waals surface area contributed by atoms with E-state index < -0.39 is 17.6 Å². The highest BCUT2D eigenvalue weighted by atomic mass is 19.4. The quantitative estimate of drug-likeness (QED) is 0.595. The molecule has 1 N–H and O–H groups in total. The average Bonchev–Trinajstić information content (AvgIpc) is 2.91. The summed E-state index contributed by atoms with van der Waals surface area (Å²) < 4.78 is 53.0. The molecule has 0 saturated heterocycles. The van der Waals surface area contributed by atoms with Crippen molar-refractivity contribution in [3.05, 3.63) is 48.0 Å². The molecule has 1 amide bonds. The van der Waals surface area contributed by atoms with E-state index in [1.54, 1.807) is 0 Å². The number of hydrogen-bond acceptors (Lipinski definition) is 3. The Morgan fingerprint density at radius 3 is 2.70 bits per heavy atom. The highest BCUT2D eigenvalue weighted by Gasteiger charge is 2.31. The normalized spacial score (nSPS) is 11.7. The molecule has 23 heavy (non-hydrogen) atoms. The summed E-state index contributed by atoms with van der Waals surface area (Å²) in [6.45, 7) is 0. The van der Waals surface area contributed by atoms with Gasteiger partial charge in [-0.2, -0.15) is 13.2 Å². The van der Waals surface area contributed by atoms with Crippen molar-refractivity contribution in [2.45, 2.75) is 6.18 Å². The van der Waals surface area contributed by atoms with Crippen molar-refractivity contribution in [3.63, 3.8) is 0 Å². The molecule has 0 fully saturated rings. The summed E-state index contributed by atoms with van der Waals surface area (Å²) in [4.78, 5) is 14.1. The van der Waals surface area contributed by atoms with E-state index in [0.717, 1.165) is 16.8 Å². The minimum Gasteiger partial charge on any atom is -0.329 e. The number of rotatable bonds is 3. The van der Waals surface area contributed by atoms with Crippen molar-refractivity contribution in [1.29, 1.82) is 0 Å². The molecule has 0 unspecified atom stereocenters. The van der Waals surface area contributed by atoms with Crippen LogP contribution in [0.5, 0.6) is 0 Å². The zero-order valence-corrected chi connectivity index (χ0v) is 11.3. The van der Waals surface area contributed by atoms with E-state index in [2.05, 4.69) is 15.4 Å². The fourth-order valence-corrected chi connectivity index (χ4v) is 2.04. The summed E-state index contributed by atoms with van der Waals surface area (Å²) in [6.07, 6.45) is -2.20. The molecule has 0 saturated carbocycles. The third kappa shape index (κ3) is 2.85. The first kappa shape index (κ1) is 14.9. The van der Waals surface area contributed by atoms with Gasteiger partial charge < -0.3 is 5.32 Å². The lowest BCUT2D eigenvalue weighted by Crippen LogP contribution is -2.04. The lowest BCUT2D eigenvalue weighted by Gasteiger charge is -2.05. The van der Waals surface area contributed by atoms with Crippen LogP contribution >= 0.6 is 0 Å². The number of carbonyl (C=O) groups excluding carboxylic acids is 1. The predicted molar refractivity (Wildman–Crippen MR) is 73.5 cm³/mol. The molecule has 1 aromatic carbocycles. The van der Waals surface area contributed by atoms with Crippen molar-refractivity contribution < 1.29 is 22.4 Å². The van der Waals surface area contributed by atoms with Gasteiger partial charge >= 0.3 is 6.18 Å². The van der Waals surface area contributed by atoms with E-state index in [1.165, 1.54) is 18.3 Å². The highest BCUT2D eigenvalue weighted by molar-refractivity contribution is 5.76. The number of aromatic nitrogens is 3. The van der Waals surface area contributed by atoms with Crippen LogP contribution in [-0.4, -0.2) is 21.2 Å². The molecular formula is C14H8F4N4O. The van der Waals surface area contributed by atoms with Gasteiger partial charge in [-0.25, -0.2) is 14.1 Å². The van der Waals surface area contributed by atoms with Crippen molar-refractivity contribution >= 4 is 23.1 Å². The Morgan fingerprint density at radius 1 is 1.22 bits per heavy atom. The van der Waals surface area contributed by atoms with Gasteiger partial charge in [0.1, 0.15) is 11.5 Å². The molecule has 0 aliphatic rings. The predicted octanol–water partition coefficient (Wildman–Crippen LogP) is 3.15. The SMILES string of the molecule is O=CNc1ccc(F)c(-n2cc3cc(C(F)(F)F)cnc3n2)c1. The molecule has 0 aliphatic carbocycles. The van der Waals surface area contributed by atoms with Gasteiger partial charge in [0, 0.05) is 23.5 Å². The van der Waals surface area contributed by atoms with Gasteiger partial charge in [0.25, 0.3) is 0 Å². The molecule has 3 aromatic rings. The molecular weight excluding hydrogens is 316 g/mol. The van der Waals surface area contributed by atoms with E-state index in [-0.39, 0.29) is 16.7 Å². The first-order valence-electron chi connectivity index (χ1n) is 6.31. The van der Waals surface area contributed by atoms with Crippen LogP contribution in [0.15, 0.2) is 36.7 Å². The van der Waals surface area contributed by atoms with Crippen LogP contribution in [0, 0.1) is 5.82 Å². The van der Waals surface area contributed by atoms with Crippen molar-refractivity contribution in [2.24, 2.45) is 0 Å². The first-order valence-corrected chi connectivity index (χ1v) is 6.31. The number of amides is 1. The number of hydrogen-bond donors (Lipinski definition) is 1. The maximum Gasteiger partial charge on any atom is 0.417 e. The molecule has 0 spiro atoms. The summed E-state index contributed by atoms with van der Waals surface area (Å²) in [5.74, 6) is -0.648. The van der Waals surface area contributed by atoms with Gasteiger partial charge in [0.2, 0.25) is 6.41 Å². The van der Waals surface area contributed by atoms with E-state index in [1.807, 2.05) is 0 Å². The van der Waals surface area contributed by atoms with Crippen LogP contribution in [0.4, 0.5) is 23.2 Å². The molecule has 118 valence electrons. The Bertz CT molecular complexity index is 888. The largest absolute Gasteiger partial charge is 0.417 e. The first-order chi connectivity index (χ1) is 10.9. The average molecular weight is 324 g/mol. The van der Waals surface area contributed by atoms with E-state index in [4.69, 9.17) is 0 Å². The molecule has 3 rings (SSSR count). The minimum absolute atomic E-state index is 0.0246. The monoisotopic (exact) mass is 324 g/mol. The number of carbonyl (C=O) groups is 1. The number of nitrogens with one attached hydrogen (secondary N) is 1. The van der Waals surface area contributed by atoms with Gasteiger partial charge in [-0.1, -0.05) is 0 Å². The maximum absolute atomic E-state index is 13.9. The number of halogens is 4. The Morgan fingerprint density at radius 2 is 2.00 bits per heavy atom. The van der Waals surface area contributed by atoms with Crippen LogP contribution in [0.3, 0.4) is 0 Å². The Kier molecular flexibility index (Phi) is 3.47. The lowest BCUT2D eigenvalue weighted by atomic mass is 10.2. The van der Waals surface area contributed by atoms with Gasteiger partial charge in [-0.3, -0.25) is 4.79 Å². The highest BCUT2D eigenvalue weighted by Crippen LogP contribution is 2.30. The fourth-order valence-electron chi connectivity index (χ4n) is 2.04. The van der Waals surface area contributed by atoms with Gasteiger partial charge in [-0.05, 0) is 24.3 Å². The molecule has 0 bridgehead atoms. The summed E-state index contributed by atoms with van der Waals surface area (Å²) in [5, 5.41) is 6.42. The molecule has 0 aliphatic heterocycles.